The van der Waals surface area contributed by atoms with E-state index in [0.29, 0.717) is 21.6 Å². The Labute approximate surface area is 131 Å². The molecule has 0 fully saturated rings. The number of carbonyl (C=O) groups excluding carboxylic acids is 1. The Bertz CT molecular complexity index is 613. The first-order valence-electron chi connectivity index (χ1n) is 6.31. The molecule has 0 radical (unpaired) electrons. The zero-order chi connectivity index (χ0) is 14.5. The third-order valence-electron chi connectivity index (χ3n) is 2.72. The Morgan fingerprint density at radius 1 is 1.40 bits per heavy atom. The summed E-state index contributed by atoms with van der Waals surface area (Å²) in [6.45, 7) is 2.05. The average Bonchev–Trinajstić information content (AvgIpc) is 2.84. The maximum Gasteiger partial charge on any atom is 0.226 e. The molecule has 3 nitrogen and oxygen atoms in total. The number of hydrogen-bond donors (Lipinski definition) is 1. The Balaban J connectivity index is 2.10. The zero-order valence-electron chi connectivity index (χ0n) is 11.0. The van der Waals surface area contributed by atoms with Gasteiger partial charge in [-0.25, -0.2) is 4.98 Å². The minimum atomic E-state index is -0.00467. The monoisotopic (exact) mass is 328 g/mol. The number of hydrogen-bond acceptors (Lipinski definition) is 3. The smallest absolute Gasteiger partial charge is 0.226 e. The van der Waals surface area contributed by atoms with Gasteiger partial charge in [0, 0.05) is 22.4 Å². The van der Waals surface area contributed by atoms with Gasteiger partial charge in [0.15, 0.2) is 5.13 Å². The second-order valence-corrected chi connectivity index (χ2v) is 6.02. The van der Waals surface area contributed by atoms with Crippen molar-refractivity contribution in [2.45, 2.75) is 26.2 Å². The first-order chi connectivity index (χ1) is 9.60. The minimum absolute atomic E-state index is 0.00467. The van der Waals surface area contributed by atoms with E-state index in [1.54, 1.807) is 12.1 Å². The predicted octanol–water partition coefficient (Wildman–Crippen LogP) is 5.25. The van der Waals surface area contributed by atoms with Gasteiger partial charge in [-0.05, 0) is 24.6 Å². The summed E-state index contributed by atoms with van der Waals surface area (Å²) in [4.78, 5) is 16.0. The highest BCUT2D eigenvalue weighted by atomic mass is 35.5. The van der Waals surface area contributed by atoms with E-state index in [4.69, 9.17) is 23.2 Å². The standard InChI is InChI=1S/C14H14Cl2N2OS/c1-2-3-4-13(19)18-14-17-12(8-20-14)10-6-5-9(15)7-11(10)16/h5-8H,2-4H2,1H3,(H,17,18,19). The number of nitrogens with one attached hydrogen (secondary N) is 1. The van der Waals surface area contributed by atoms with Crippen molar-refractivity contribution in [1.82, 2.24) is 4.98 Å². The van der Waals surface area contributed by atoms with E-state index in [1.165, 1.54) is 11.3 Å². The first kappa shape index (κ1) is 15.3. The Kier molecular flexibility index (Phi) is 5.40. The molecule has 0 aliphatic rings. The molecule has 0 atom stereocenters. The molecule has 1 N–H and O–H groups in total. The van der Waals surface area contributed by atoms with Gasteiger partial charge in [-0.2, -0.15) is 0 Å². The molecule has 0 bridgehead atoms. The summed E-state index contributed by atoms with van der Waals surface area (Å²) in [5.41, 5.74) is 1.55. The van der Waals surface area contributed by atoms with Crippen molar-refractivity contribution in [1.29, 1.82) is 0 Å². The largest absolute Gasteiger partial charge is 0.302 e. The molecule has 1 amide bonds. The Hall–Kier alpha value is -1.10. The van der Waals surface area contributed by atoms with Crippen LogP contribution in [0.4, 0.5) is 5.13 Å². The van der Waals surface area contributed by atoms with Crippen LogP contribution in [0.15, 0.2) is 23.6 Å². The van der Waals surface area contributed by atoms with Crippen molar-refractivity contribution in [3.05, 3.63) is 33.6 Å². The van der Waals surface area contributed by atoms with Crippen molar-refractivity contribution in [3.63, 3.8) is 0 Å². The van der Waals surface area contributed by atoms with E-state index in [-0.39, 0.29) is 5.91 Å². The van der Waals surface area contributed by atoms with Gasteiger partial charge in [-0.15, -0.1) is 11.3 Å². The first-order valence-corrected chi connectivity index (χ1v) is 7.94. The number of nitrogens with zero attached hydrogens (tertiary/aromatic N) is 1. The van der Waals surface area contributed by atoms with Crippen molar-refractivity contribution in [2.75, 3.05) is 5.32 Å². The van der Waals surface area contributed by atoms with Crippen LogP contribution in [0.5, 0.6) is 0 Å². The number of unbranched alkanes of at least 4 members (excludes halogenated alkanes) is 1. The van der Waals surface area contributed by atoms with Crippen LogP contribution in [0, 0.1) is 0 Å². The van der Waals surface area contributed by atoms with Gasteiger partial charge in [0.05, 0.1) is 10.7 Å². The van der Waals surface area contributed by atoms with Crippen LogP contribution >= 0.6 is 34.5 Å². The van der Waals surface area contributed by atoms with Crippen molar-refractivity contribution in [3.8, 4) is 11.3 Å². The van der Waals surface area contributed by atoms with Gasteiger partial charge in [0.25, 0.3) is 0 Å². The van der Waals surface area contributed by atoms with Crippen molar-refractivity contribution < 1.29 is 4.79 Å². The fraction of sp³-hybridized carbons (Fsp3) is 0.286. The number of carbonyl (C=O) groups is 1. The highest BCUT2D eigenvalue weighted by Gasteiger charge is 2.10. The van der Waals surface area contributed by atoms with E-state index in [0.717, 1.165) is 24.1 Å². The predicted molar refractivity (Wildman–Crippen MR) is 85.7 cm³/mol. The summed E-state index contributed by atoms with van der Waals surface area (Å²) >= 11 is 13.4. The highest BCUT2D eigenvalue weighted by Crippen LogP contribution is 2.32. The van der Waals surface area contributed by atoms with Crippen LogP contribution < -0.4 is 5.32 Å². The van der Waals surface area contributed by atoms with Crippen LogP contribution in [-0.2, 0) is 4.79 Å². The number of benzene rings is 1. The maximum atomic E-state index is 11.6. The molecule has 2 aromatic rings. The molecule has 0 aliphatic heterocycles. The number of thiazole rings is 1. The summed E-state index contributed by atoms with van der Waals surface area (Å²) in [5, 5.41) is 6.39. The van der Waals surface area contributed by atoms with E-state index in [2.05, 4.69) is 17.2 Å². The lowest BCUT2D eigenvalue weighted by Gasteiger charge is -2.01. The summed E-state index contributed by atoms with van der Waals surface area (Å²) in [7, 11) is 0. The normalized spacial score (nSPS) is 10.6. The van der Waals surface area contributed by atoms with Gasteiger partial charge in [0.2, 0.25) is 5.91 Å². The van der Waals surface area contributed by atoms with Gasteiger partial charge < -0.3 is 5.32 Å². The second-order valence-electron chi connectivity index (χ2n) is 4.31. The van der Waals surface area contributed by atoms with Crippen LogP contribution in [0.25, 0.3) is 11.3 Å². The third-order valence-corrected chi connectivity index (χ3v) is 4.02. The van der Waals surface area contributed by atoms with Gasteiger partial charge >= 0.3 is 0 Å². The van der Waals surface area contributed by atoms with Crippen molar-refractivity contribution in [2.24, 2.45) is 0 Å². The Morgan fingerprint density at radius 2 is 2.20 bits per heavy atom. The van der Waals surface area contributed by atoms with Crippen LogP contribution in [-0.4, -0.2) is 10.9 Å². The second kappa shape index (κ2) is 7.07. The van der Waals surface area contributed by atoms with E-state index < -0.39 is 0 Å². The molecule has 0 unspecified atom stereocenters. The molecule has 106 valence electrons. The quantitative estimate of drug-likeness (QED) is 0.814. The fourth-order valence-electron chi connectivity index (χ4n) is 1.67. The average molecular weight is 329 g/mol. The third kappa shape index (κ3) is 3.95. The lowest BCUT2D eigenvalue weighted by Crippen LogP contribution is -2.10. The number of rotatable bonds is 5. The zero-order valence-corrected chi connectivity index (χ0v) is 13.3. The van der Waals surface area contributed by atoms with Crippen LogP contribution in [0.2, 0.25) is 10.0 Å². The lowest BCUT2D eigenvalue weighted by molar-refractivity contribution is -0.116. The molecule has 2 rings (SSSR count). The van der Waals surface area contributed by atoms with Gasteiger partial charge in [-0.1, -0.05) is 36.5 Å². The summed E-state index contributed by atoms with van der Waals surface area (Å²) < 4.78 is 0. The summed E-state index contributed by atoms with van der Waals surface area (Å²) in [6.07, 6.45) is 2.40. The molecule has 1 aromatic carbocycles. The van der Waals surface area contributed by atoms with Crippen LogP contribution in [0.1, 0.15) is 26.2 Å². The number of halogens is 2. The summed E-state index contributed by atoms with van der Waals surface area (Å²) in [5.74, 6) is -0.00467. The number of anilines is 1. The molecule has 6 heteroatoms. The molecule has 20 heavy (non-hydrogen) atoms. The molecule has 1 heterocycles. The highest BCUT2D eigenvalue weighted by molar-refractivity contribution is 7.14. The fourth-order valence-corrected chi connectivity index (χ4v) is 2.90. The molecule has 0 spiro atoms. The van der Waals surface area contributed by atoms with E-state index in [1.807, 2.05) is 11.4 Å². The Morgan fingerprint density at radius 3 is 2.90 bits per heavy atom. The van der Waals surface area contributed by atoms with Crippen LogP contribution in [0.3, 0.4) is 0 Å². The van der Waals surface area contributed by atoms with Crippen molar-refractivity contribution >= 4 is 45.6 Å². The molecule has 0 aliphatic carbocycles. The van der Waals surface area contributed by atoms with Gasteiger partial charge in [-0.3, -0.25) is 4.79 Å². The number of amides is 1. The number of aromatic nitrogens is 1. The molecular formula is C14H14Cl2N2OS. The maximum absolute atomic E-state index is 11.6. The van der Waals surface area contributed by atoms with E-state index in [9.17, 15) is 4.79 Å². The molecule has 0 saturated carbocycles. The topological polar surface area (TPSA) is 42.0 Å². The molecular weight excluding hydrogens is 315 g/mol. The SMILES string of the molecule is CCCCC(=O)Nc1nc(-c2ccc(Cl)cc2Cl)cs1. The van der Waals surface area contributed by atoms with E-state index >= 15 is 0 Å². The van der Waals surface area contributed by atoms with Gasteiger partial charge in [0.1, 0.15) is 0 Å². The summed E-state index contributed by atoms with van der Waals surface area (Å²) in [6, 6.07) is 5.27. The molecule has 0 saturated heterocycles. The minimum Gasteiger partial charge on any atom is -0.302 e. The molecule has 1 aromatic heterocycles. The lowest BCUT2D eigenvalue weighted by atomic mass is 10.2.